The van der Waals surface area contributed by atoms with Crippen LogP contribution in [0.1, 0.15) is 10.4 Å². The highest BCUT2D eigenvalue weighted by atomic mass is 35.5. The van der Waals surface area contributed by atoms with E-state index in [1.807, 2.05) is 0 Å². The van der Waals surface area contributed by atoms with E-state index in [-0.39, 0.29) is 16.5 Å². The molecule has 0 aliphatic heterocycles. The average Bonchev–Trinajstić information content (AvgIpc) is 2.78. The number of nitrogens with zero attached hydrogens (tertiary/aromatic N) is 2. The van der Waals surface area contributed by atoms with E-state index in [1.165, 1.54) is 5.38 Å². The van der Waals surface area contributed by atoms with Crippen LogP contribution in [0.3, 0.4) is 0 Å². The maximum absolute atomic E-state index is 11.8. The summed E-state index contributed by atoms with van der Waals surface area (Å²) in [5.74, 6) is -0.751. The molecule has 0 bridgehead atoms. The number of hydrogen-bond donors (Lipinski definition) is 1. The molecule has 1 aromatic carbocycles. The van der Waals surface area contributed by atoms with Gasteiger partial charge in [0.15, 0.2) is 0 Å². The van der Waals surface area contributed by atoms with Crippen molar-refractivity contribution in [2.45, 2.75) is 0 Å². The summed E-state index contributed by atoms with van der Waals surface area (Å²) in [6.07, 6.45) is 0. The normalized spacial score (nSPS) is 10.1. The maximum atomic E-state index is 11.8. The van der Waals surface area contributed by atoms with Crippen LogP contribution in [0.5, 0.6) is 0 Å². The minimum absolute atomic E-state index is 0.159. The zero-order chi connectivity index (χ0) is 13.1. The number of hydrogen-bond acceptors (Lipinski definition) is 5. The first-order valence-electron chi connectivity index (χ1n) is 4.73. The molecule has 0 radical (unpaired) electrons. The average molecular weight is 284 g/mol. The summed E-state index contributed by atoms with van der Waals surface area (Å²) in [4.78, 5) is 25.3. The van der Waals surface area contributed by atoms with Crippen molar-refractivity contribution in [3.8, 4) is 0 Å². The van der Waals surface area contributed by atoms with Crippen molar-refractivity contribution in [1.82, 2.24) is 4.98 Å². The third kappa shape index (κ3) is 2.63. The number of anilines is 1. The monoisotopic (exact) mass is 283 g/mol. The molecule has 8 heteroatoms. The van der Waals surface area contributed by atoms with Crippen LogP contribution < -0.4 is 5.32 Å². The van der Waals surface area contributed by atoms with E-state index in [4.69, 9.17) is 11.6 Å². The number of aromatic nitrogens is 1. The summed E-state index contributed by atoms with van der Waals surface area (Å²) < 4.78 is 0. The Bertz CT molecular complexity index is 614. The standard InChI is InChI=1S/C10H6ClN3O3S/c11-7-4-2-1-3-6(7)9(15)13-10-12-8(5-18-10)14(16)17/h1-5H,(H,12,13,15). The third-order valence-electron chi connectivity index (χ3n) is 2.02. The highest BCUT2D eigenvalue weighted by molar-refractivity contribution is 7.14. The van der Waals surface area contributed by atoms with Gasteiger partial charge in [0, 0.05) is 0 Å². The molecule has 2 aromatic rings. The molecule has 6 nitrogen and oxygen atoms in total. The molecule has 0 spiro atoms. The van der Waals surface area contributed by atoms with Crippen molar-refractivity contribution in [2.24, 2.45) is 0 Å². The fourth-order valence-corrected chi connectivity index (χ4v) is 2.09. The minimum Gasteiger partial charge on any atom is -0.358 e. The Kier molecular flexibility index (Phi) is 3.54. The zero-order valence-electron chi connectivity index (χ0n) is 8.79. The number of thiazole rings is 1. The van der Waals surface area contributed by atoms with Gasteiger partial charge in [-0.15, -0.1) is 0 Å². The predicted molar refractivity (Wildman–Crippen MR) is 68.2 cm³/mol. The number of amides is 1. The molecular weight excluding hydrogens is 278 g/mol. The molecular formula is C10H6ClN3O3S. The number of rotatable bonds is 3. The fourth-order valence-electron chi connectivity index (χ4n) is 1.22. The molecule has 0 atom stereocenters. The number of nitrogens with one attached hydrogen (secondary N) is 1. The van der Waals surface area contributed by atoms with Crippen LogP contribution in [0.2, 0.25) is 5.02 Å². The predicted octanol–water partition coefficient (Wildman–Crippen LogP) is 2.96. The highest BCUT2D eigenvalue weighted by Crippen LogP contribution is 2.22. The van der Waals surface area contributed by atoms with Crippen LogP contribution in [0.15, 0.2) is 29.6 Å². The Morgan fingerprint density at radius 1 is 1.44 bits per heavy atom. The van der Waals surface area contributed by atoms with Gasteiger partial charge in [0.05, 0.1) is 16.0 Å². The molecule has 1 aromatic heterocycles. The van der Waals surface area contributed by atoms with Crippen LogP contribution in [0.25, 0.3) is 0 Å². The van der Waals surface area contributed by atoms with Crippen LogP contribution >= 0.6 is 22.9 Å². The molecule has 0 aliphatic rings. The quantitative estimate of drug-likeness (QED) is 0.693. The van der Waals surface area contributed by atoms with E-state index in [0.29, 0.717) is 5.02 Å². The van der Waals surface area contributed by atoms with Crippen molar-refractivity contribution in [2.75, 3.05) is 5.32 Å². The summed E-state index contributed by atoms with van der Waals surface area (Å²) in [5.41, 5.74) is 0.289. The topological polar surface area (TPSA) is 85.1 Å². The second kappa shape index (κ2) is 5.11. The van der Waals surface area contributed by atoms with Gasteiger partial charge in [0.2, 0.25) is 0 Å². The van der Waals surface area contributed by atoms with E-state index in [9.17, 15) is 14.9 Å². The van der Waals surface area contributed by atoms with Crippen molar-refractivity contribution in [3.05, 3.63) is 50.3 Å². The van der Waals surface area contributed by atoms with Crippen LogP contribution in [0, 0.1) is 10.1 Å². The number of carbonyl (C=O) groups is 1. The largest absolute Gasteiger partial charge is 0.376 e. The van der Waals surface area contributed by atoms with Crippen molar-refractivity contribution in [1.29, 1.82) is 0 Å². The Hall–Kier alpha value is -1.99. The lowest BCUT2D eigenvalue weighted by molar-refractivity contribution is -0.389. The van der Waals surface area contributed by atoms with Crippen LogP contribution in [0.4, 0.5) is 10.9 Å². The maximum Gasteiger partial charge on any atom is 0.376 e. The smallest absolute Gasteiger partial charge is 0.358 e. The van der Waals surface area contributed by atoms with Gasteiger partial charge in [-0.2, -0.15) is 0 Å². The van der Waals surface area contributed by atoms with Crippen LogP contribution in [-0.4, -0.2) is 15.8 Å². The molecule has 2 rings (SSSR count). The molecule has 18 heavy (non-hydrogen) atoms. The summed E-state index contributed by atoms with van der Waals surface area (Å²) in [6, 6.07) is 6.51. The lowest BCUT2D eigenvalue weighted by Gasteiger charge is -2.01. The molecule has 92 valence electrons. The van der Waals surface area contributed by atoms with Crippen molar-refractivity contribution in [3.63, 3.8) is 0 Å². The Morgan fingerprint density at radius 2 is 2.17 bits per heavy atom. The lowest BCUT2D eigenvalue weighted by Crippen LogP contribution is -2.12. The van der Waals surface area contributed by atoms with Gasteiger partial charge >= 0.3 is 10.9 Å². The van der Waals surface area contributed by atoms with Gasteiger partial charge in [0.1, 0.15) is 0 Å². The SMILES string of the molecule is O=C(Nc1nc([N+](=O)[O-])cs1)c1ccccc1Cl. The molecule has 0 unspecified atom stereocenters. The molecule has 0 aliphatic carbocycles. The van der Waals surface area contributed by atoms with Crippen molar-refractivity contribution >= 4 is 39.8 Å². The van der Waals surface area contributed by atoms with E-state index in [1.54, 1.807) is 24.3 Å². The summed E-state index contributed by atoms with van der Waals surface area (Å²) >= 11 is 6.83. The minimum atomic E-state index is -0.623. The van der Waals surface area contributed by atoms with Gasteiger partial charge in [-0.3, -0.25) is 10.1 Å². The van der Waals surface area contributed by atoms with Gasteiger partial charge in [0.25, 0.3) is 5.91 Å². The number of nitro groups is 1. The van der Waals surface area contributed by atoms with Gasteiger partial charge in [-0.25, -0.2) is 0 Å². The Morgan fingerprint density at radius 3 is 2.78 bits per heavy atom. The van der Waals surface area contributed by atoms with E-state index < -0.39 is 10.8 Å². The molecule has 1 amide bonds. The van der Waals surface area contributed by atoms with Gasteiger partial charge < -0.3 is 10.1 Å². The molecule has 1 heterocycles. The third-order valence-corrected chi connectivity index (χ3v) is 3.09. The zero-order valence-corrected chi connectivity index (χ0v) is 10.4. The van der Waals surface area contributed by atoms with Gasteiger partial charge in [-0.05, 0) is 22.0 Å². The van der Waals surface area contributed by atoms with Crippen molar-refractivity contribution < 1.29 is 9.72 Å². The highest BCUT2D eigenvalue weighted by Gasteiger charge is 2.17. The summed E-state index contributed by atoms with van der Waals surface area (Å²) in [7, 11) is 0. The second-order valence-corrected chi connectivity index (χ2v) is 4.47. The number of halogens is 1. The number of carbonyl (C=O) groups excluding carboxylic acids is 1. The summed E-state index contributed by atoms with van der Waals surface area (Å²) in [5, 5.41) is 14.6. The first kappa shape index (κ1) is 12.5. The Labute approximate surface area is 110 Å². The second-order valence-electron chi connectivity index (χ2n) is 3.20. The molecule has 0 fully saturated rings. The first-order chi connectivity index (χ1) is 8.58. The fraction of sp³-hybridized carbons (Fsp3) is 0. The first-order valence-corrected chi connectivity index (χ1v) is 5.99. The lowest BCUT2D eigenvalue weighted by atomic mass is 10.2. The molecule has 0 saturated heterocycles. The van der Waals surface area contributed by atoms with E-state index in [2.05, 4.69) is 10.3 Å². The number of benzene rings is 1. The van der Waals surface area contributed by atoms with E-state index in [0.717, 1.165) is 11.3 Å². The van der Waals surface area contributed by atoms with Crippen LogP contribution in [-0.2, 0) is 0 Å². The molecule has 1 N–H and O–H groups in total. The Balaban J connectivity index is 2.16. The summed E-state index contributed by atoms with van der Waals surface area (Å²) in [6.45, 7) is 0. The molecule has 0 saturated carbocycles. The van der Waals surface area contributed by atoms with E-state index >= 15 is 0 Å². The van der Waals surface area contributed by atoms with Gasteiger partial charge in [-0.1, -0.05) is 35.1 Å².